The molecule has 1 saturated heterocycles. The van der Waals surface area contributed by atoms with E-state index in [1.54, 1.807) is 0 Å². The lowest BCUT2D eigenvalue weighted by Crippen LogP contribution is -2.35. The second kappa shape index (κ2) is 7.07. The van der Waals surface area contributed by atoms with E-state index >= 15 is 0 Å². The first kappa shape index (κ1) is 15.2. The SMILES string of the molecule is O=C(Nc1cccc(-c2nnsc2Cl)c1)N1CCCCCC1. The fourth-order valence-electron chi connectivity index (χ4n) is 2.57. The molecule has 1 aliphatic heterocycles. The molecule has 1 aliphatic rings. The molecule has 22 heavy (non-hydrogen) atoms. The van der Waals surface area contributed by atoms with Crippen LogP contribution in [0.4, 0.5) is 10.5 Å². The molecule has 0 atom stereocenters. The number of carbonyl (C=O) groups is 1. The van der Waals surface area contributed by atoms with Crippen molar-refractivity contribution >= 4 is 34.9 Å². The van der Waals surface area contributed by atoms with Crippen molar-refractivity contribution in [2.24, 2.45) is 0 Å². The van der Waals surface area contributed by atoms with E-state index in [-0.39, 0.29) is 6.03 Å². The lowest BCUT2D eigenvalue weighted by Gasteiger charge is -2.20. The molecule has 0 unspecified atom stereocenters. The molecule has 1 aromatic carbocycles. The first-order valence-electron chi connectivity index (χ1n) is 7.38. The van der Waals surface area contributed by atoms with Crippen molar-refractivity contribution in [2.75, 3.05) is 18.4 Å². The van der Waals surface area contributed by atoms with Gasteiger partial charge in [-0.2, -0.15) is 0 Å². The number of halogens is 1. The van der Waals surface area contributed by atoms with Crippen LogP contribution in [0.1, 0.15) is 25.7 Å². The van der Waals surface area contributed by atoms with E-state index in [0.717, 1.165) is 48.7 Å². The van der Waals surface area contributed by atoms with E-state index in [1.807, 2.05) is 29.2 Å². The molecule has 5 nitrogen and oxygen atoms in total. The Morgan fingerprint density at radius 3 is 2.68 bits per heavy atom. The molecule has 0 radical (unpaired) electrons. The third kappa shape index (κ3) is 3.56. The van der Waals surface area contributed by atoms with E-state index in [0.29, 0.717) is 10.0 Å². The Morgan fingerprint density at radius 2 is 2.00 bits per heavy atom. The zero-order valence-electron chi connectivity index (χ0n) is 12.1. The van der Waals surface area contributed by atoms with Gasteiger partial charge in [0.1, 0.15) is 10.0 Å². The standard InChI is InChI=1S/C15H17ClN4OS/c16-14-13(18-19-22-14)11-6-5-7-12(10-11)17-15(21)20-8-3-1-2-4-9-20/h5-7,10H,1-4,8-9H2,(H,17,21). The molecule has 1 fully saturated rings. The summed E-state index contributed by atoms with van der Waals surface area (Å²) < 4.78 is 4.39. The largest absolute Gasteiger partial charge is 0.325 e. The number of anilines is 1. The van der Waals surface area contributed by atoms with Gasteiger partial charge in [0.15, 0.2) is 0 Å². The maximum Gasteiger partial charge on any atom is 0.321 e. The van der Waals surface area contributed by atoms with Crippen molar-refractivity contribution in [2.45, 2.75) is 25.7 Å². The Labute approximate surface area is 138 Å². The van der Waals surface area contributed by atoms with E-state index < -0.39 is 0 Å². The minimum absolute atomic E-state index is 0.0402. The van der Waals surface area contributed by atoms with Crippen LogP contribution in [0, 0.1) is 0 Å². The fraction of sp³-hybridized carbons (Fsp3) is 0.400. The molecule has 0 spiro atoms. The van der Waals surface area contributed by atoms with Crippen molar-refractivity contribution < 1.29 is 4.79 Å². The number of nitrogens with zero attached hydrogens (tertiary/aromatic N) is 3. The van der Waals surface area contributed by atoms with Gasteiger partial charge in [-0.25, -0.2) is 4.79 Å². The highest BCUT2D eigenvalue weighted by Gasteiger charge is 2.16. The quantitative estimate of drug-likeness (QED) is 0.891. The normalized spacial score (nSPS) is 15.4. The highest BCUT2D eigenvalue weighted by Crippen LogP contribution is 2.29. The first-order chi connectivity index (χ1) is 10.7. The molecule has 0 saturated carbocycles. The van der Waals surface area contributed by atoms with E-state index in [9.17, 15) is 4.79 Å². The molecule has 3 rings (SSSR count). The van der Waals surface area contributed by atoms with Gasteiger partial charge in [0.2, 0.25) is 0 Å². The summed E-state index contributed by atoms with van der Waals surface area (Å²) in [5, 5.41) is 6.98. The second-order valence-corrected chi connectivity index (χ2v) is 6.66. The molecule has 1 aromatic heterocycles. The topological polar surface area (TPSA) is 58.1 Å². The Morgan fingerprint density at radius 1 is 1.23 bits per heavy atom. The smallest absolute Gasteiger partial charge is 0.321 e. The van der Waals surface area contributed by atoms with Crippen LogP contribution in [-0.2, 0) is 0 Å². The van der Waals surface area contributed by atoms with Gasteiger partial charge in [0.05, 0.1) is 0 Å². The van der Waals surface area contributed by atoms with Crippen LogP contribution in [0.5, 0.6) is 0 Å². The Bertz CT molecular complexity index is 652. The predicted molar refractivity (Wildman–Crippen MR) is 89.4 cm³/mol. The minimum atomic E-state index is -0.0402. The molecule has 116 valence electrons. The zero-order valence-corrected chi connectivity index (χ0v) is 13.7. The van der Waals surface area contributed by atoms with Crippen molar-refractivity contribution in [1.29, 1.82) is 0 Å². The Balaban J connectivity index is 1.72. The summed E-state index contributed by atoms with van der Waals surface area (Å²) in [6.07, 6.45) is 4.56. The highest BCUT2D eigenvalue weighted by atomic mass is 35.5. The number of amides is 2. The predicted octanol–water partition coefficient (Wildman–Crippen LogP) is 4.27. The number of carbonyl (C=O) groups excluding carboxylic acids is 1. The van der Waals surface area contributed by atoms with Gasteiger partial charge in [0.25, 0.3) is 0 Å². The van der Waals surface area contributed by atoms with Crippen molar-refractivity contribution in [1.82, 2.24) is 14.5 Å². The van der Waals surface area contributed by atoms with Crippen LogP contribution in [0.25, 0.3) is 11.3 Å². The molecular weight excluding hydrogens is 320 g/mol. The van der Waals surface area contributed by atoms with Crippen molar-refractivity contribution in [3.8, 4) is 11.3 Å². The van der Waals surface area contributed by atoms with Gasteiger partial charge in [-0.1, -0.05) is 41.1 Å². The van der Waals surface area contributed by atoms with Crippen LogP contribution in [0.2, 0.25) is 4.34 Å². The number of benzene rings is 1. The Hall–Kier alpha value is -1.66. The highest BCUT2D eigenvalue weighted by molar-refractivity contribution is 7.10. The maximum atomic E-state index is 12.3. The number of hydrogen-bond donors (Lipinski definition) is 1. The van der Waals surface area contributed by atoms with Crippen LogP contribution < -0.4 is 5.32 Å². The number of rotatable bonds is 2. The summed E-state index contributed by atoms with van der Waals surface area (Å²) in [5.41, 5.74) is 2.25. The summed E-state index contributed by atoms with van der Waals surface area (Å²) in [6.45, 7) is 1.65. The maximum absolute atomic E-state index is 12.3. The van der Waals surface area contributed by atoms with Crippen LogP contribution in [0.3, 0.4) is 0 Å². The van der Waals surface area contributed by atoms with Crippen LogP contribution in [0.15, 0.2) is 24.3 Å². The molecule has 0 bridgehead atoms. The van der Waals surface area contributed by atoms with Gasteiger partial charge in [-0.05, 0) is 25.0 Å². The lowest BCUT2D eigenvalue weighted by molar-refractivity contribution is 0.214. The lowest BCUT2D eigenvalue weighted by atomic mass is 10.1. The number of likely N-dealkylation sites (tertiary alicyclic amines) is 1. The summed E-state index contributed by atoms with van der Waals surface area (Å²) >= 11 is 7.22. The molecular formula is C15H17ClN4OS. The summed E-state index contributed by atoms with van der Waals surface area (Å²) in [4.78, 5) is 14.2. The fourth-order valence-corrected chi connectivity index (χ4v) is 3.25. The second-order valence-electron chi connectivity index (χ2n) is 5.31. The molecule has 2 aromatic rings. The molecule has 0 aliphatic carbocycles. The monoisotopic (exact) mass is 336 g/mol. The van der Waals surface area contributed by atoms with Gasteiger partial charge < -0.3 is 10.2 Å². The van der Waals surface area contributed by atoms with Gasteiger partial charge in [-0.15, -0.1) is 5.10 Å². The van der Waals surface area contributed by atoms with Crippen molar-refractivity contribution in [3.05, 3.63) is 28.6 Å². The van der Waals surface area contributed by atoms with Gasteiger partial charge >= 0.3 is 6.03 Å². The van der Waals surface area contributed by atoms with Crippen molar-refractivity contribution in [3.63, 3.8) is 0 Å². The number of nitrogens with one attached hydrogen (secondary N) is 1. The summed E-state index contributed by atoms with van der Waals surface area (Å²) in [5.74, 6) is 0. The number of urea groups is 1. The number of hydrogen-bond acceptors (Lipinski definition) is 4. The van der Waals surface area contributed by atoms with E-state index in [1.165, 1.54) is 12.8 Å². The summed E-state index contributed by atoms with van der Waals surface area (Å²) in [7, 11) is 0. The van der Waals surface area contributed by atoms with Gasteiger partial charge in [0, 0.05) is 35.9 Å². The minimum Gasteiger partial charge on any atom is -0.325 e. The molecule has 2 amide bonds. The first-order valence-corrected chi connectivity index (χ1v) is 8.53. The third-order valence-electron chi connectivity index (χ3n) is 3.73. The van der Waals surface area contributed by atoms with Crippen LogP contribution in [-0.4, -0.2) is 33.6 Å². The van der Waals surface area contributed by atoms with Gasteiger partial charge in [-0.3, -0.25) is 0 Å². The van der Waals surface area contributed by atoms with Crippen LogP contribution >= 0.6 is 23.1 Å². The zero-order chi connectivity index (χ0) is 15.4. The number of aromatic nitrogens is 2. The summed E-state index contributed by atoms with van der Waals surface area (Å²) in [6, 6.07) is 7.49. The molecule has 1 N–H and O–H groups in total. The molecule has 7 heteroatoms. The average Bonchev–Trinajstić information content (AvgIpc) is 2.78. The Kier molecular flexibility index (Phi) is 4.90. The van der Waals surface area contributed by atoms with E-state index in [4.69, 9.17) is 11.6 Å². The molecule has 2 heterocycles. The average molecular weight is 337 g/mol. The van der Waals surface area contributed by atoms with E-state index in [2.05, 4.69) is 14.9 Å². The third-order valence-corrected chi connectivity index (χ3v) is 4.63.